The van der Waals surface area contributed by atoms with Crippen LogP contribution in [0.25, 0.3) is 0 Å². The molecule has 30 heavy (non-hydrogen) atoms. The third-order valence-corrected chi connectivity index (χ3v) is 9.88. The minimum absolute atomic E-state index is 0.205. The van der Waals surface area contributed by atoms with Gasteiger partial charge in [0, 0.05) is 6.08 Å². The smallest absolute Gasteiger partial charge is 0.330 e. The van der Waals surface area contributed by atoms with Crippen LogP contribution < -0.4 is 0 Å². The standard InChI is InChI=1S/C26H38O4/c1-5-29-21(28)9-6-15(2)17-7-8-18-22-19(11-13-25(17,18)3)26(4)12-10-16(27)14-20(26)23-24(22)30-23/h6,9,14-19,22-24,27H,5,7-8,10-13H2,1-4H3/b9-6+/t15-,16?,17-,18?,19?,22?,23+,24-,25-,26-/m1/s1. The van der Waals surface area contributed by atoms with Crippen LogP contribution >= 0.6 is 0 Å². The van der Waals surface area contributed by atoms with Crippen LogP contribution in [-0.2, 0) is 14.3 Å². The summed E-state index contributed by atoms with van der Waals surface area (Å²) in [4.78, 5) is 11.8. The molecule has 4 unspecified atom stereocenters. The molecule has 0 amide bonds. The van der Waals surface area contributed by atoms with Crippen molar-refractivity contribution >= 4 is 5.97 Å². The second-order valence-corrected chi connectivity index (χ2v) is 11.2. The average Bonchev–Trinajstić information content (AvgIpc) is 3.42. The van der Waals surface area contributed by atoms with Crippen LogP contribution in [0.2, 0.25) is 0 Å². The molecule has 0 aromatic rings. The molecule has 1 aliphatic heterocycles. The topological polar surface area (TPSA) is 59.1 Å². The predicted octanol–water partition coefficient (Wildman–Crippen LogP) is 4.67. The number of hydrogen-bond donors (Lipinski definition) is 1. The summed E-state index contributed by atoms with van der Waals surface area (Å²) >= 11 is 0. The van der Waals surface area contributed by atoms with Gasteiger partial charge >= 0.3 is 5.97 Å². The second-order valence-electron chi connectivity index (χ2n) is 11.2. The maximum atomic E-state index is 11.8. The van der Waals surface area contributed by atoms with Gasteiger partial charge in [0.05, 0.1) is 18.8 Å². The molecule has 3 saturated carbocycles. The summed E-state index contributed by atoms with van der Waals surface area (Å²) in [5.41, 5.74) is 1.94. The second kappa shape index (κ2) is 7.20. The molecule has 0 spiro atoms. The number of carbonyl (C=O) groups excluding carboxylic acids is 1. The van der Waals surface area contributed by atoms with E-state index in [9.17, 15) is 9.90 Å². The lowest BCUT2D eigenvalue weighted by Crippen LogP contribution is -2.54. The van der Waals surface area contributed by atoms with Crippen LogP contribution in [0.5, 0.6) is 0 Å². The van der Waals surface area contributed by atoms with Crippen LogP contribution in [0, 0.1) is 40.4 Å². The van der Waals surface area contributed by atoms with E-state index in [1.165, 1.54) is 31.3 Å². The lowest BCUT2D eigenvalue weighted by atomic mass is 9.46. The molecular formula is C26H38O4. The Kier molecular flexibility index (Phi) is 4.98. The Hall–Kier alpha value is -1.13. The molecule has 0 radical (unpaired) electrons. The van der Waals surface area contributed by atoms with Crippen LogP contribution in [0.1, 0.15) is 66.2 Å². The number of fused-ring (bicyclic) bond motifs is 8. The average molecular weight is 415 g/mol. The normalized spacial score (nSPS) is 50.0. The van der Waals surface area contributed by atoms with E-state index < -0.39 is 0 Å². The first-order chi connectivity index (χ1) is 14.3. The fourth-order valence-electron chi connectivity index (χ4n) is 8.41. The summed E-state index contributed by atoms with van der Waals surface area (Å²) in [5, 5.41) is 10.2. The fraction of sp³-hybridized carbons (Fsp3) is 0.808. The van der Waals surface area contributed by atoms with Crippen molar-refractivity contribution in [3.05, 3.63) is 23.8 Å². The van der Waals surface area contributed by atoms with Crippen molar-refractivity contribution in [2.24, 2.45) is 40.4 Å². The number of allylic oxidation sites excluding steroid dienone is 1. The van der Waals surface area contributed by atoms with E-state index in [1.54, 1.807) is 6.08 Å². The lowest BCUT2D eigenvalue weighted by Gasteiger charge is -2.57. The Morgan fingerprint density at radius 3 is 2.83 bits per heavy atom. The maximum Gasteiger partial charge on any atom is 0.330 e. The van der Waals surface area contributed by atoms with Gasteiger partial charge in [-0.25, -0.2) is 4.79 Å². The molecule has 4 heteroatoms. The number of epoxide rings is 1. The van der Waals surface area contributed by atoms with E-state index in [4.69, 9.17) is 9.47 Å². The van der Waals surface area contributed by atoms with Crippen LogP contribution in [0.15, 0.2) is 23.8 Å². The maximum absolute atomic E-state index is 11.8. The van der Waals surface area contributed by atoms with Crippen LogP contribution in [0.4, 0.5) is 0 Å². The molecule has 4 aliphatic carbocycles. The van der Waals surface area contributed by atoms with Gasteiger partial charge in [0.15, 0.2) is 0 Å². The Bertz CT molecular complexity index is 771. The van der Waals surface area contributed by atoms with Crippen LogP contribution in [-0.4, -0.2) is 36.0 Å². The molecule has 166 valence electrons. The van der Waals surface area contributed by atoms with E-state index in [2.05, 4.69) is 32.9 Å². The summed E-state index contributed by atoms with van der Waals surface area (Å²) in [7, 11) is 0. The number of rotatable bonds is 4. The molecule has 4 fully saturated rings. The molecule has 4 nitrogen and oxygen atoms in total. The van der Waals surface area contributed by atoms with E-state index in [1.807, 2.05) is 6.92 Å². The fourth-order valence-corrected chi connectivity index (χ4v) is 8.41. The van der Waals surface area contributed by atoms with Gasteiger partial charge in [-0.15, -0.1) is 0 Å². The van der Waals surface area contributed by atoms with Crippen molar-refractivity contribution in [2.45, 2.75) is 84.5 Å². The summed E-state index contributed by atoms with van der Waals surface area (Å²) in [5.74, 6) is 2.82. The molecule has 1 N–H and O–H groups in total. The van der Waals surface area contributed by atoms with E-state index in [0.717, 1.165) is 12.8 Å². The summed E-state index contributed by atoms with van der Waals surface area (Å²) in [6.45, 7) is 9.54. The molecule has 0 aromatic heterocycles. The molecule has 5 aliphatic rings. The largest absolute Gasteiger partial charge is 0.463 e. The lowest BCUT2D eigenvalue weighted by molar-refractivity contribution is -0.137. The molecule has 0 bridgehead atoms. The van der Waals surface area contributed by atoms with Gasteiger partial charge in [-0.05, 0) is 91.4 Å². The van der Waals surface area contributed by atoms with Gasteiger partial charge in [0.25, 0.3) is 0 Å². The molecule has 10 atom stereocenters. The SMILES string of the molecule is CCOC(=O)/C=C/[C@@H](C)[C@H]1CCC2C3C(CC[C@@]21C)[C@@]1(C)CCC(O)C=C1[C@@H]1O[C@H]31. The van der Waals surface area contributed by atoms with E-state index >= 15 is 0 Å². The first-order valence-corrected chi connectivity index (χ1v) is 12.2. The number of ether oxygens (including phenoxy) is 2. The monoisotopic (exact) mass is 414 g/mol. The van der Waals surface area contributed by atoms with E-state index in [0.29, 0.717) is 47.7 Å². The number of aliphatic hydroxyl groups excluding tert-OH is 1. The molecule has 1 heterocycles. The molecular weight excluding hydrogens is 376 g/mol. The third kappa shape index (κ3) is 2.97. The summed E-state index contributed by atoms with van der Waals surface area (Å²) in [6, 6.07) is 0. The van der Waals surface area contributed by atoms with Gasteiger partial charge in [0.1, 0.15) is 6.10 Å². The Morgan fingerprint density at radius 2 is 2.07 bits per heavy atom. The summed E-state index contributed by atoms with van der Waals surface area (Å²) in [6.07, 6.45) is 13.3. The summed E-state index contributed by atoms with van der Waals surface area (Å²) < 4.78 is 11.4. The first kappa shape index (κ1) is 20.8. The number of hydrogen-bond acceptors (Lipinski definition) is 4. The highest BCUT2D eigenvalue weighted by Crippen LogP contribution is 2.70. The quantitative estimate of drug-likeness (QED) is 0.314. The number of aliphatic hydroxyl groups is 1. The molecule has 1 saturated heterocycles. The Balaban J connectivity index is 1.38. The highest BCUT2D eigenvalue weighted by molar-refractivity contribution is 5.81. The number of esters is 1. The van der Waals surface area contributed by atoms with Gasteiger partial charge in [0.2, 0.25) is 0 Å². The third-order valence-electron chi connectivity index (χ3n) is 9.88. The van der Waals surface area contributed by atoms with Gasteiger partial charge in [-0.2, -0.15) is 0 Å². The van der Waals surface area contributed by atoms with Crippen molar-refractivity contribution in [1.82, 2.24) is 0 Å². The highest BCUT2D eigenvalue weighted by Gasteiger charge is 2.68. The zero-order chi connectivity index (χ0) is 21.3. The van der Waals surface area contributed by atoms with Crippen molar-refractivity contribution in [1.29, 1.82) is 0 Å². The first-order valence-electron chi connectivity index (χ1n) is 12.2. The van der Waals surface area contributed by atoms with E-state index in [-0.39, 0.29) is 23.6 Å². The Morgan fingerprint density at radius 1 is 1.27 bits per heavy atom. The van der Waals surface area contributed by atoms with Gasteiger partial charge in [-0.1, -0.05) is 32.9 Å². The predicted molar refractivity (Wildman–Crippen MR) is 116 cm³/mol. The van der Waals surface area contributed by atoms with Crippen molar-refractivity contribution in [3.63, 3.8) is 0 Å². The van der Waals surface area contributed by atoms with Gasteiger partial charge < -0.3 is 14.6 Å². The van der Waals surface area contributed by atoms with Crippen molar-refractivity contribution in [2.75, 3.05) is 6.61 Å². The van der Waals surface area contributed by atoms with Gasteiger partial charge in [-0.3, -0.25) is 0 Å². The minimum atomic E-state index is -0.286. The zero-order valence-corrected chi connectivity index (χ0v) is 19.0. The zero-order valence-electron chi connectivity index (χ0n) is 19.0. The Labute approximate surface area is 181 Å². The molecule has 0 aromatic carbocycles. The van der Waals surface area contributed by atoms with Crippen LogP contribution in [0.3, 0.4) is 0 Å². The van der Waals surface area contributed by atoms with Crippen molar-refractivity contribution in [3.8, 4) is 0 Å². The molecule has 5 rings (SSSR count). The minimum Gasteiger partial charge on any atom is -0.463 e. The highest BCUT2D eigenvalue weighted by atomic mass is 16.6. The van der Waals surface area contributed by atoms with Crippen molar-refractivity contribution < 1.29 is 19.4 Å². The number of carbonyl (C=O) groups is 1.